The Labute approximate surface area is 105 Å². The predicted octanol–water partition coefficient (Wildman–Crippen LogP) is 2.15. The Hall–Kier alpha value is -1.43. The van der Waals surface area contributed by atoms with Crippen LogP contribution in [0.5, 0.6) is 0 Å². The van der Waals surface area contributed by atoms with E-state index in [-0.39, 0.29) is 23.7 Å². The van der Waals surface area contributed by atoms with Crippen LogP contribution in [-0.2, 0) is 0 Å². The maximum absolute atomic E-state index is 13.4. The van der Waals surface area contributed by atoms with E-state index in [1.165, 1.54) is 0 Å². The van der Waals surface area contributed by atoms with E-state index >= 15 is 0 Å². The van der Waals surface area contributed by atoms with E-state index in [9.17, 15) is 13.9 Å². The summed E-state index contributed by atoms with van der Waals surface area (Å²) in [7, 11) is 0. The number of rotatable bonds is 6. The monoisotopic (exact) mass is 259 g/mol. The molecule has 4 nitrogen and oxygen atoms in total. The number of halogens is 2. The zero-order valence-corrected chi connectivity index (χ0v) is 10.6. The first-order valence-corrected chi connectivity index (χ1v) is 5.94. The second-order valence-electron chi connectivity index (χ2n) is 4.40. The van der Waals surface area contributed by atoms with Gasteiger partial charge in [0.05, 0.1) is 6.61 Å². The van der Waals surface area contributed by atoms with Crippen LogP contribution < -0.4 is 11.1 Å². The topological polar surface area (TPSA) is 71.2 Å². The summed E-state index contributed by atoms with van der Waals surface area (Å²) in [6.45, 7) is 4.24. The number of aromatic nitrogens is 1. The summed E-state index contributed by atoms with van der Waals surface area (Å²) in [5.74, 6) is -2.10. The molecule has 0 atom stereocenters. The number of nitrogens with two attached hydrogens (primary N) is 1. The summed E-state index contributed by atoms with van der Waals surface area (Å²) in [5, 5.41) is 12.2. The zero-order chi connectivity index (χ0) is 13.8. The van der Waals surface area contributed by atoms with Gasteiger partial charge in [-0.25, -0.2) is 13.8 Å². The lowest BCUT2D eigenvalue weighted by molar-refractivity contribution is 0.127. The summed E-state index contributed by atoms with van der Waals surface area (Å²) in [5.41, 5.74) is 4.95. The second kappa shape index (κ2) is 5.95. The number of anilines is 2. The highest BCUT2D eigenvalue weighted by Crippen LogP contribution is 2.26. The Morgan fingerprint density at radius 2 is 1.94 bits per heavy atom. The molecule has 0 aliphatic carbocycles. The standard InChI is InChI=1S/C12H19F2N3O/c1-3-12(4-2,7-18)6-16-11-9(14)5-8(13)10(15)17-11/h5,18H,3-4,6-7H2,1-2H3,(H3,15,16,17). The largest absolute Gasteiger partial charge is 0.396 e. The number of nitrogens with zero attached hydrogens (tertiary/aromatic N) is 1. The normalized spacial score (nSPS) is 11.6. The minimum absolute atomic E-state index is 0.00864. The summed E-state index contributed by atoms with van der Waals surface area (Å²) in [6, 6.07) is 0.698. The van der Waals surface area contributed by atoms with Crippen LogP contribution in [-0.4, -0.2) is 23.2 Å². The third-order valence-electron chi connectivity index (χ3n) is 3.42. The molecule has 0 aromatic carbocycles. The predicted molar refractivity (Wildman–Crippen MR) is 67.2 cm³/mol. The summed E-state index contributed by atoms with van der Waals surface area (Å²) in [6.07, 6.45) is 1.48. The molecule has 0 spiro atoms. The molecule has 0 amide bonds. The third-order valence-corrected chi connectivity index (χ3v) is 3.42. The molecule has 0 radical (unpaired) electrons. The van der Waals surface area contributed by atoms with E-state index in [0.717, 1.165) is 12.8 Å². The quantitative estimate of drug-likeness (QED) is 0.732. The molecular weight excluding hydrogens is 240 g/mol. The van der Waals surface area contributed by atoms with Crippen molar-refractivity contribution in [3.8, 4) is 0 Å². The van der Waals surface area contributed by atoms with Gasteiger partial charge in [0.25, 0.3) is 0 Å². The molecule has 1 heterocycles. The van der Waals surface area contributed by atoms with Gasteiger partial charge >= 0.3 is 0 Å². The molecule has 0 saturated carbocycles. The van der Waals surface area contributed by atoms with Gasteiger partial charge in [0.1, 0.15) is 0 Å². The summed E-state index contributed by atoms with van der Waals surface area (Å²) in [4.78, 5) is 3.61. The Morgan fingerprint density at radius 3 is 2.44 bits per heavy atom. The van der Waals surface area contributed by atoms with Crippen molar-refractivity contribution in [2.75, 3.05) is 24.2 Å². The minimum atomic E-state index is -0.877. The second-order valence-corrected chi connectivity index (χ2v) is 4.40. The SMILES string of the molecule is CCC(CC)(CO)CNc1nc(N)c(F)cc1F. The minimum Gasteiger partial charge on any atom is -0.396 e. The molecule has 102 valence electrons. The van der Waals surface area contributed by atoms with Crippen molar-refractivity contribution in [3.05, 3.63) is 17.7 Å². The fraction of sp³-hybridized carbons (Fsp3) is 0.583. The Morgan fingerprint density at radius 1 is 1.33 bits per heavy atom. The smallest absolute Gasteiger partial charge is 0.168 e. The van der Waals surface area contributed by atoms with Crippen LogP contribution in [0.4, 0.5) is 20.4 Å². The number of nitrogens with one attached hydrogen (secondary N) is 1. The highest BCUT2D eigenvalue weighted by Gasteiger charge is 2.25. The van der Waals surface area contributed by atoms with Gasteiger partial charge in [-0.2, -0.15) is 0 Å². The average molecular weight is 259 g/mol. The van der Waals surface area contributed by atoms with Crippen molar-refractivity contribution in [2.45, 2.75) is 26.7 Å². The van der Waals surface area contributed by atoms with Crippen LogP contribution in [0.25, 0.3) is 0 Å². The molecule has 0 unspecified atom stereocenters. The first-order valence-electron chi connectivity index (χ1n) is 5.94. The molecule has 0 aliphatic heterocycles. The van der Waals surface area contributed by atoms with Crippen LogP contribution in [0.3, 0.4) is 0 Å². The summed E-state index contributed by atoms with van der Waals surface area (Å²) >= 11 is 0. The zero-order valence-electron chi connectivity index (χ0n) is 10.6. The highest BCUT2D eigenvalue weighted by atomic mass is 19.1. The maximum atomic E-state index is 13.4. The van der Waals surface area contributed by atoms with Crippen molar-refractivity contribution in [2.24, 2.45) is 5.41 Å². The first kappa shape index (κ1) is 14.6. The van der Waals surface area contributed by atoms with Gasteiger partial charge in [0.15, 0.2) is 23.3 Å². The van der Waals surface area contributed by atoms with Crippen molar-refractivity contribution in [3.63, 3.8) is 0 Å². The molecule has 1 aromatic heterocycles. The molecule has 0 saturated heterocycles. The lowest BCUT2D eigenvalue weighted by atomic mass is 9.83. The van der Waals surface area contributed by atoms with Crippen LogP contribution in [0.15, 0.2) is 6.07 Å². The lowest BCUT2D eigenvalue weighted by Gasteiger charge is -2.29. The van der Waals surface area contributed by atoms with Crippen LogP contribution in [0.2, 0.25) is 0 Å². The van der Waals surface area contributed by atoms with Gasteiger partial charge in [-0.1, -0.05) is 13.8 Å². The fourth-order valence-corrected chi connectivity index (χ4v) is 1.66. The Kier molecular flexibility index (Phi) is 4.84. The molecule has 1 aromatic rings. The van der Waals surface area contributed by atoms with Gasteiger partial charge in [-0.3, -0.25) is 0 Å². The molecule has 18 heavy (non-hydrogen) atoms. The molecular formula is C12H19F2N3O. The van der Waals surface area contributed by atoms with E-state index < -0.39 is 11.6 Å². The van der Waals surface area contributed by atoms with Crippen molar-refractivity contribution < 1.29 is 13.9 Å². The van der Waals surface area contributed by atoms with Crippen LogP contribution >= 0.6 is 0 Å². The Balaban J connectivity index is 2.83. The molecule has 0 fully saturated rings. The van der Waals surface area contributed by atoms with E-state index in [1.807, 2.05) is 13.8 Å². The number of hydrogen-bond donors (Lipinski definition) is 3. The average Bonchev–Trinajstić information content (AvgIpc) is 2.37. The fourth-order valence-electron chi connectivity index (χ4n) is 1.66. The van der Waals surface area contributed by atoms with Gasteiger partial charge < -0.3 is 16.2 Å². The third kappa shape index (κ3) is 3.07. The molecule has 0 bridgehead atoms. The van der Waals surface area contributed by atoms with E-state index in [1.54, 1.807) is 0 Å². The van der Waals surface area contributed by atoms with E-state index in [0.29, 0.717) is 12.6 Å². The van der Waals surface area contributed by atoms with Gasteiger partial charge in [0, 0.05) is 18.0 Å². The van der Waals surface area contributed by atoms with E-state index in [2.05, 4.69) is 10.3 Å². The highest BCUT2D eigenvalue weighted by molar-refractivity contribution is 5.45. The van der Waals surface area contributed by atoms with Crippen LogP contribution in [0.1, 0.15) is 26.7 Å². The molecule has 4 N–H and O–H groups in total. The number of pyridine rings is 1. The van der Waals surface area contributed by atoms with Crippen molar-refractivity contribution in [1.29, 1.82) is 0 Å². The lowest BCUT2D eigenvalue weighted by Crippen LogP contribution is -2.32. The van der Waals surface area contributed by atoms with Gasteiger partial charge in [-0.05, 0) is 12.8 Å². The Bertz CT molecular complexity index is 400. The molecule has 1 rings (SSSR count). The maximum Gasteiger partial charge on any atom is 0.168 e. The van der Waals surface area contributed by atoms with Crippen molar-refractivity contribution in [1.82, 2.24) is 4.98 Å². The number of aliphatic hydroxyl groups is 1. The summed E-state index contributed by atoms with van der Waals surface area (Å²) < 4.78 is 26.4. The number of nitrogen functional groups attached to an aromatic ring is 1. The molecule has 0 aliphatic rings. The number of hydrogen-bond acceptors (Lipinski definition) is 4. The first-order chi connectivity index (χ1) is 8.48. The molecule has 6 heteroatoms. The van der Waals surface area contributed by atoms with Gasteiger partial charge in [-0.15, -0.1) is 0 Å². The van der Waals surface area contributed by atoms with Gasteiger partial charge in [0.2, 0.25) is 0 Å². The number of aliphatic hydroxyl groups excluding tert-OH is 1. The van der Waals surface area contributed by atoms with Crippen LogP contribution in [0, 0.1) is 17.0 Å². The van der Waals surface area contributed by atoms with Crippen molar-refractivity contribution >= 4 is 11.6 Å². The van der Waals surface area contributed by atoms with E-state index in [4.69, 9.17) is 5.73 Å².